The molecule has 6 heteroatoms. The molecule has 108 valence electrons. The smallest absolute Gasteiger partial charge is 0.307 e. The Balaban J connectivity index is 2.61. The number of nitrogens with zero attached hydrogens (tertiary/aromatic N) is 2. The van der Waals surface area contributed by atoms with Gasteiger partial charge in [0.25, 0.3) is 0 Å². The van der Waals surface area contributed by atoms with E-state index in [9.17, 15) is 14.7 Å². The van der Waals surface area contributed by atoms with E-state index in [1.165, 1.54) is 0 Å². The first kappa shape index (κ1) is 15.9. The molecule has 0 radical (unpaired) electrons. The van der Waals surface area contributed by atoms with E-state index in [1.807, 2.05) is 13.8 Å². The second kappa shape index (κ2) is 6.34. The lowest BCUT2D eigenvalue weighted by atomic mass is 10.1. The van der Waals surface area contributed by atoms with Gasteiger partial charge >= 0.3 is 4.87 Å². The van der Waals surface area contributed by atoms with Crippen molar-refractivity contribution < 1.29 is 9.90 Å². The number of aliphatic hydroxyl groups is 1. The molecule has 1 N–H and O–H groups in total. The van der Waals surface area contributed by atoms with Gasteiger partial charge in [-0.2, -0.15) is 0 Å². The van der Waals surface area contributed by atoms with Crippen molar-refractivity contribution in [1.82, 2.24) is 9.47 Å². The molecular weight excluding hydrogens is 264 g/mol. The largest absolute Gasteiger partial charge is 0.389 e. The van der Waals surface area contributed by atoms with E-state index in [4.69, 9.17) is 0 Å². The van der Waals surface area contributed by atoms with Crippen molar-refractivity contribution in [3.63, 3.8) is 0 Å². The van der Waals surface area contributed by atoms with Crippen molar-refractivity contribution in [2.24, 2.45) is 0 Å². The molecule has 0 saturated carbocycles. The van der Waals surface area contributed by atoms with Crippen LogP contribution in [0.5, 0.6) is 0 Å². The molecule has 19 heavy (non-hydrogen) atoms. The maximum Gasteiger partial charge on any atom is 0.307 e. The molecule has 0 aromatic carbocycles. The zero-order valence-corrected chi connectivity index (χ0v) is 12.8. The molecule has 0 unspecified atom stereocenters. The highest BCUT2D eigenvalue weighted by Crippen LogP contribution is 2.08. The third-order valence-corrected chi connectivity index (χ3v) is 3.72. The maximum atomic E-state index is 12.1. The summed E-state index contributed by atoms with van der Waals surface area (Å²) in [6, 6.07) is 0. The van der Waals surface area contributed by atoms with Gasteiger partial charge in [-0.05, 0) is 27.7 Å². The van der Waals surface area contributed by atoms with Gasteiger partial charge in [-0.25, -0.2) is 0 Å². The average molecular weight is 286 g/mol. The molecule has 1 amide bonds. The van der Waals surface area contributed by atoms with Gasteiger partial charge < -0.3 is 14.6 Å². The van der Waals surface area contributed by atoms with Crippen molar-refractivity contribution in [2.45, 2.75) is 46.3 Å². The Morgan fingerprint density at radius 3 is 2.58 bits per heavy atom. The summed E-state index contributed by atoms with van der Waals surface area (Å²) >= 11 is 1.15. The molecule has 0 saturated heterocycles. The van der Waals surface area contributed by atoms with Crippen LogP contribution in [0.15, 0.2) is 10.2 Å². The van der Waals surface area contributed by atoms with Crippen molar-refractivity contribution in [2.75, 3.05) is 13.1 Å². The standard InChI is InChI=1S/C13H22N2O3S/c1-5-14(9-13(3,4)18)11(16)6-7-15-10(2)8-19-12(15)17/h8,18H,5-7,9H2,1-4H3. The van der Waals surface area contributed by atoms with Gasteiger partial charge in [-0.3, -0.25) is 9.59 Å². The van der Waals surface area contributed by atoms with E-state index in [-0.39, 0.29) is 17.2 Å². The summed E-state index contributed by atoms with van der Waals surface area (Å²) in [5.74, 6) is -0.0397. The Bertz CT molecular complexity index is 485. The van der Waals surface area contributed by atoms with Gasteiger partial charge in [-0.15, -0.1) is 0 Å². The number of likely N-dealkylation sites (N-methyl/N-ethyl adjacent to an activating group) is 1. The van der Waals surface area contributed by atoms with Crippen LogP contribution in [0.3, 0.4) is 0 Å². The minimum Gasteiger partial charge on any atom is -0.389 e. The molecule has 0 aliphatic rings. The lowest BCUT2D eigenvalue weighted by Gasteiger charge is -2.28. The molecule has 1 rings (SSSR count). The molecule has 0 atom stereocenters. The van der Waals surface area contributed by atoms with Gasteiger partial charge in [0.05, 0.1) is 5.60 Å². The fraction of sp³-hybridized carbons (Fsp3) is 0.692. The molecule has 1 aromatic rings. The zero-order valence-electron chi connectivity index (χ0n) is 12.0. The van der Waals surface area contributed by atoms with E-state index in [1.54, 1.807) is 28.7 Å². The number of thiazole rings is 1. The summed E-state index contributed by atoms with van der Waals surface area (Å²) in [6.45, 7) is 8.35. The maximum absolute atomic E-state index is 12.1. The minimum atomic E-state index is -0.902. The fourth-order valence-corrected chi connectivity index (χ4v) is 2.64. The van der Waals surface area contributed by atoms with Gasteiger partial charge in [0, 0.05) is 37.1 Å². The third-order valence-electron chi connectivity index (χ3n) is 2.84. The summed E-state index contributed by atoms with van der Waals surface area (Å²) < 4.78 is 1.61. The molecule has 0 aliphatic carbocycles. The number of carbonyl (C=O) groups excluding carboxylic acids is 1. The van der Waals surface area contributed by atoms with E-state index in [0.29, 0.717) is 19.6 Å². The molecular formula is C13H22N2O3S. The Morgan fingerprint density at radius 1 is 1.53 bits per heavy atom. The molecule has 0 fully saturated rings. The Labute approximate surface area is 117 Å². The van der Waals surface area contributed by atoms with Crippen LogP contribution >= 0.6 is 11.3 Å². The van der Waals surface area contributed by atoms with Crippen molar-refractivity contribution in [3.05, 3.63) is 20.7 Å². The summed E-state index contributed by atoms with van der Waals surface area (Å²) in [5, 5.41) is 11.6. The monoisotopic (exact) mass is 286 g/mol. The molecule has 0 spiro atoms. The highest BCUT2D eigenvalue weighted by molar-refractivity contribution is 7.07. The average Bonchev–Trinajstić information content (AvgIpc) is 2.62. The summed E-state index contributed by atoms with van der Waals surface area (Å²) in [6.07, 6.45) is 0.279. The van der Waals surface area contributed by atoms with Gasteiger partial charge in [-0.1, -0.05) is 11.3 Å². The third kappa shape index (κ3) is 4.80. The first-order valence-electron chi connectivity index (χ1n) is 6.39. The number of rotatable bonds is 6. The quantitative estimate of drug-likeness (QED) is 0.855. The van der Waals surface area contributed by atoms with Crippen molar-refractivity contribution in [1.29, 1.82) is 0 Å². The minimum absolute atomic E-state index is 0.0316. The van der Waals surface area contributed by atoms with E-state index in [2.05, 4.69) is 0 Å². The number of amides is 1. The number of aryl methyl sites for hydroxylation is 1. The first-order chi connectivity index (χ1) is 8.74. The number of carbonyl (C=O) groups is 1. The summed E-state index contributed by atoms with van der Waals surface area (Å²) in [5.41, 5.74) is -0.0193. The van der Waals surface area contributed by atoms with Crippen molar-refractivity contribution >= 4 is 17.2 Å². The lowest BCUT2D eigenvalue weighted by Crippen LogP contribution is -2.42. The zero-order chi connectivity index (χ0) is 14.6. The molecule has 0 aliphatic heterocycles. The van der Waals surface area contributed by atoms with Crippen LogP contribution in [-0.2, 0) is 11.3 Å². The predicted molar refractivity (Wildman–Crippen MR) is 76.5 cm³/mol. The molecule has 5 nitrogen and oxygen atoms in total. The first-order valence-corrected chi connectivity index (χ1v) is 7.27. The van der Waals surface area contributed by atoms with Gasteiger partial charge in [0.1, 0.15) is 0 Å². The summed E-state index contributed by atoms with van der Waals surface area (Å²) in [4.78, 5) is 25.2. The lowest BCUT2D eigenvalue weighted by molar-refractivity contribution is -0.134. The topological polar surface area (TPSA) is 62.5 Å². The Kier molecular flexibility index (Phi) is 5.31. The normalized spacial score (nSPS) is 11.6. The second-order valence-corrected chi connectivity index (χ2v) is 6.09. The van der Waals surface area contributed by atoms with Crippen LogP contribution in [0, 0.1) is 6.92 Å². The molecule has 1 aromatic heterocycles. The van der Waals surface area contributed by atoms with Crippen LogP contribution in [0.25, 0.3) is 0 Å². The molecule has 0 bridgehead atoms. The van der Waals surface area contributed by atoms with Crippen LogP contribution in [-0.4, -0.2) is 39.2 Å². The second-order valence-electron chi connectivity index (χ2n) is 5.26. The van der Waals surface area contributed by atoms with E-state index < -0.39 is 5.60 Å². The summed E-state index contributed by atoms with van der Waals surface area (Å²) in [7, 11) is 0. The fourth-order valence-electron chi connectivity index (χ4n) is 1.88. The SMILES string of the molecule is CCN(CC(C)(C)O)C(=O)CCn1c(C)csc1=O. The predicted octanol–water partition coefficient (Wildman–Crippen LogP) is 1.23. The Hall–Kier alpha value is -1.14. The van der Waals surface area contributed by atoms with Crippen LogP contribution < -0.4 is 4.87 Å². The number of hydrogen-bond acceptors (Lipinski definition) is 4. The number of aromatic nitrogens is 1. The van der Waals surface area contributed by atoms with Crippen LogP contribution in [0.1, 0.15) is 32.9 Å². The van der Waals surface area contributed by atoms with Crippen LogP contribution in [0.4, 0.5) is 0 Å². The van der Waals surface area contributed by atoms with Gasteiger partial charge in [0.15, 0.2) is 0 Å². The van der Waals surface area contributed by atoms with Gasteiger partial charge in [0.2, 0.25) is 5.91 Å². The highest BCUT2D eigenvalue weighted by Gasteiger charge is 2.21. The molecule has 1 heterocycles. The van der Waals surface area contributed by atoms with Crippen molar-refractivity contribution in [3.8, 4) is 0 Å². The number of hydrogen-bond donors (Lipinski definition) is 1. The van der Waals surface area contributed by atoms with E-state index in [0.717, 1.165) is 17.0 Å². The highest BCUT2D eigenvalue weighted by atomic mass is 32.1. The van der Waals surface area contributed by atoms with E-state index >= 15 is 0 Å². The Morgan fingerprint density at radius 2 is 2.16 bits per heavy atom. The van der Waals surface area contributed by atoms with Crippen LogP contribution in [0.2, 0.25) is 0 Å².